The summed E-state index contributed by atoms with van der Waals surface area (Å²) in [5, 5.41) is 11.9. The Kier molecular flexibility index (Phi) is 4.12. The standard InChI is InChI=1S/C13H20N2O2/c1-13(2,3)11(14)12(17)15-8-9-4-6-10(16)7-5-9/h4-7,11,16H,8,14H2,1-3H3,(H,15,17). The number of hydrogen-bond acceptors (Lipinski definition) is 3. The van der Waals surface area contributed by atoms with Crippen LogP contribution >= 0.6 is 0 Å². The average Bonchev–Trinajstić information content (AvgIpc) is 2.25. The van der Waals surface area contributed by atoms with Gasteiger partial charge in [-0.3, -0.25) is 4.79 Å². The van der Waals surface area contributed by atoms with E-state index in [1.807, 2.05) is 20.8 Å². The summed E-state index contributed by atoms with van der Waals surface area (Å²) in [7, 11) is 0. The van der Waals surface area contributed by atoms with Crippen LogP contribution in [0, 0.1) is 5.41 Å². The smallest absolute Gasteiger partial charge is 0.237 e. The molecule has 1 rings (SSSR count). The lowest BCUT2D eigenvalue weighted by molar-refractivity contribution is -0.124. The number of aromatic hydroxyl groups is 1. The van der Waals surface area contributed by atoms with Crippen LogP contribution in [0.5, 0.6) is 5.75 Å². The van der Waals surface area contributed by atoms with Gasteiger partial charge in [-0.2, -0.15) is 0 Å². The lowest BCUT2D eigenvalue weighted by atomic mass is 9.87. The van der Waals surface area contributed by atoms with Gasteiger partial charge < -0.3 is 16.2 Å². The normalized spacial score (nSPS) is 13.2. The topological polar surface area (TPSA) is 75.4 Å². The molecule has 0 spiro atoms. The number of benzene rings is 1. The molecule has 4 N–H and O–H groups in total. The van der Waals surface area contributed by atoms with E-state index in [2.05, 4.69) is 5.32 Å². The summed E-state index contributed by atoms with van der Waals surface area (Å²) < 4.78 is 0. The van der Waals surface area contributed by atoms with Crippen LogP contribution < -0.4 is 11.1 Å². The van der Waals surface area contributed by atoms with Crippen LogP contribution in [0.15, 0.2) is 24.3 Å². The summed E-state index contributed by atoms with van der Waals surface area (Å²) in [5.41, 5.74) is 6.51. The number of nitrogens with two attached hydrogens (primary N) is 1. The monoisotopic (exact) mass is 236 g/mol. The molecule has 1 amide bonds. The van der Waals surface area contributed by atoms with E-state index < -0.39 is 6.04 Å². The summed E-state index contributed by atoms with van der Waals surface area (Å²) in [6.07, 6.45) is 0. The fourth-order valence-electron chi connectivity index (χ4n) is 1.31. The van der Waals surface area contributed by atoms with Gasteiger partial charge in [0.15, 0.2) is 0 Å². The van der Waals surface area contributed by atoms with Crippen LogP contribution in [0.1, 0.15) is 26.3 Å². The molecule has 0 aliphatic heterocycles. The molecule has 94 valence electrons. The quantitative estimate of drug-likeness (QED) is 0.742. The number of carbonyl (C=O) groups is 1. The van der Waals surface area contributed by atoms with Crippen LogP contribution in [0.3, 0.4) is 0 Å². The first-order chi connectivity index (χ1) is 7.80. The number of phenolic OH excluding ortho intramolecular Hbond substituents is 1. The molecule has 0 aromatic heterocycles. The predicted octanol–water partition coefficient (Wildman–Crippen LogP) is 1.38. The molecule has 1 aromatic carbocycles. The minimum Gasteiger partial charge on any atom is -0.508 e. The fraction of sp³-hybridized carbons (Fsp3) is 0.462. The third kappa shape index (κ3) is 4.07. The Labute approximate surface area is 102 Å². The van der Waals surface area contributed by atoms with Crippen molar-refractivity contribution in [2.75, 3.05) is 0 Å². The van der Waals surface area contributed by atoms with Gasteiger partial charge in [-0.25, -0.2) is 0 Å². The Balaban J connectivity index is 2.51. The second kappa shape index (κ2) is 5.19. The first-order valence-electron chi connectivity index (χ1n) is 5.62. The zero-order valence-electron chi connectivity index (χ0n) is 10.5. The highest BCUT2D eigenvalue weighted by atomic mass is 16.3. The first kappa shape index (κ1) is 13.5. The molecule has 0 bridgehead atoms. The van der Waals surface area contributed by atoms with Gasteiger partial charge in [0, 0.05) is 6.54 Å². The summed E-state index contributed by atoms with van der Waals surface area (Å²) in [4.78, 5) is 11.7. The number of carbonyl (C=O) groups excluding carboxylic acids is 1. The molecule has 1 unspecified atom stereocenters. The highest BCUT2D eigenvalue weighted by molar-refractivity contribution is 5.82. The van der Waals surface area contributed by atoms with E-state index in [0.29, 0.717) is 6.54 Å². The molecule has 4 nitrogen and oxygen atoms in total. The molecule has 1 aromatic rings. The Morgan fingerprint density at radius 3 is 2.35 bits per heavy atom. The molecule has 0 aliphatic carbocycles. The maximum atomic E-state index is 11.7. The highest BCUT2D eigenvalue weighted by Gasteiger charge is 2.26. The van der Waals surface area contributed by atoms with Crippen LogP contribution in [0.25, 0.3) is 0 Å². The zero-order valence-corrected chi connectivity index (χ0v) is 10.5. The number of rotatable bonds is 3. The number of hydrogen-bond donors (Lipinski definition) is 3. The lowest BCUT2D eigenvalue weighted by Crippen LogP contribution is -2.48. The van der Waals surface area contributed by atoms with Crippen molar-refractivity contribution in [1.82, 2.24) is 5.32 Å². The Morgan fingerprint density at radius 1 is 1.35 bits per heavy atom. The van der Waals surface area contributed by atoms with Gasteiger partial charge in [-0.05, 0) is 23.1 Å². The van der Waals surface area contributed by atoms with Gasteiger partial charge in [0.25, 0.3) is 0 Å². The summed E-state index contributed by atoms with van der Waals surface area (Å²) in [6.45, 7) is 6.20. The molecule has 0 radical (unpaired) electrons. The van der Waals surface area contributed by atoms with Crippen LogP contribution in [0.4, 0.5) is 0 Å². The molecule has 0 saturated heterocycles. The Bertz CT molecular complexity index is 379. The third-order valence-electron chi connectivity index (χ3n) is 2.62. The van der Waals surface area contributed by atoms with E-state index in [1.54, 1.807) is 24.3 Å². The Hall–Kier alpha value is -1.55. The minimum atomic E-state index is -0.528. The van der Waals surface area contributed by atoms with E-state index in [1.165, 1.54) is 0 Å². The van der Waals surface area contributed by atoms with E-state index >= 15 is 0 Å². The van der Waals surface area contributed by atoms with Crippen molar-refractivity contribution >= 4 is 5.91 Å². The molecule has 4 heteroatoms. The lowest BCUT2D eigenvalue weighted by Gasteiger charge is -2.25. The Morgan fingerprint density at radius 2 is 1.88 bits per heavy atom. The fourth-order valence-corrected chi connectivity index (χ4v) is 1.31. The van der Waals surface area contributed by atoms with Gasteiger partial charge in [0.05, 0.1) is 6.04 Å². The molecular formula is C13H20N2O2. The second-order valence-electron chi connectivity index (χ2n) is 5.23. The average molecular weight is 236 g/mol. The maximum Gasteiger partial charge on any atom is 0.237 e. The molecular weight excluding hydrogens is 216 g/mol. The van der Waals surface area contributed by atoms with E-state index in [0.717, 1.165) is 5.56 Å². The van der Waals surface area contributed by atoms with Gasteiger partial charge in [0.2, 0.25) is 5.91 Å². The van der Waals surface area contributed by atoms with Gasteiger partial charge in [0.1, 0.15) is 5.75 Å². The van der Waals surface area contributed by atoms with Crippen molar-refractivity contribution in [1.29, 1.82) is 0 Å². The van der Waals surface area contributed by atoms with Gasteiger partial charge in [-0.1, -0.05) is 32.9 Å². The van der Waals surface area contributed by atoms with Crippen LogP contribution in [-0.2, 0) is 11.3 Å². The number of amides is 1. The van der Waals surface area contributed by atoms with Crippen molar-refractivity contribution in [3.8, 4) is 5.75 Å². The van der Waals surface area contributed by atoms with Gasteiger partial charge in [-0.15, -0.1) is 0 Å². The van der Waals surface area contributed by atoms with Crippen molar-refractivity contribution in [3.63, 3.8) is 0 Å². The second-order valence-corrected chi connectivity index (χ2v) is 5.23. The van der Waals surface area contributed by atoms with Crippen molar-refractivity contribution < 1.29 is 9.90 Å². The molecule has 0 aliphatic rings. The number of nitrogens with one attached hydrogen (secondary N) is 1. The summed E-state index contributed by atoms with van der Waals surface area (Å²) in [5.74, 6) is 0.0528. The zero-order chi connectivity index (χ0) is 13.1. The molecule has 0 fully saturated rings. The van der Waals surface area contributed by atoms with E-state index in [4.69, 9.17) is 10.8 Å². The highest BCUT2D eigenvalue weighted by Crippen LogP contribution is 2.17. The van der Waals surface area contributed by atoms with Crippen molar-refractivity contribution in [3.05, 3.63) is 29.8 Å². The van der Waals surface area contributed by atoms with E-state index in [-0.39, 0.29) is 17.1 Å². The molecule has 17 heavy (non-hydrogen) atoms. The minimum absolute atomic E-state index is 0.162. The molecule has 0 heterocycles. The van der Waals surface area contributed by atoms with Crippen molar-refractivity contribution in [2.24, 2.45) is 11.1 Å². The van der Waals surface area contributed by atoms with Crippen molar-refractivity contribution in [2.45, 2.75) is 33.4 Å². The maximum absolute atomic E-state index is 11.7. The first-order valence-corrected chi connectivity index (χ1v) is 5.62. The SMILES string of the molecule is CC(C)(C)C(N)C(=O)NCc1ccc(O)cc1. The van der Waals surface area contributed by atoms with Crippen LogP contribution in [0.2, 0.25) is 0 Å². The summed E-state index contributed by atoms with van der Waals surface area (Å²) in [6, 6.07) is 6.17. The summed E-state index contributed by atoms with van der Waals surface area (Å²) >= 11 is 0. The molecule has 0 saturated carbocycles. The van der Waals surface area contributed by atoms with Gasteiger partial charge >= 0.3 is 0 Å². The number of phenols is 1. The van der Waals surface area contributed by atoms with Crippen LogP contribution in [-0.4, -0.2) is 17.1 Å². The molecule has 1 atom stereocenters. The van der Waals surface area contributed by atoms with E-state index in [9.17, 15) is 4.79 Å². The largest absolute Gasteiger partial charge is 0.508 e. The predicted molar refractivity (Wildman–Crippen MR) is 67.4 cm³/mol. The third-order valence-corrected chi connectivity index (χ3v) is 2.62.